The topological polar surface area (TPSA) is 102 Å². The van der Waals surface area contributed by atoms with Gasteiger partial charge < -0.3 is 14.6 Å². The van der Waals surface area contributed by atoms with Crippen molar-refractivity contribution in [1.82, 2.24) is 4.57 Å². The Bertz CT molecular complexity index is 966. The van der Waals surface area contributed by atoms with Gasteiger partial charge in [-0.1, -0.05) is 6.07 Å². The number of nitriles is 1. The number of carbonyl (C=O) groups excluding carboxylic acids is 1. The average Bonchev–Trinajstić information content (AvgIpc) is 2.62. The van der Waals surface area contributed by atoms with E-state index in [9.17, 15) is 20.0 Å². The number of benzene rings is 1. The zero-order chi connectivity index (χ0) is 20.8. The van der Waals surface area contributed by atoms with Crippen LogP contribution in [0.15, 0.2) is 23.0 Å². The Hall–Kier alpha value is -3.11. The molecule has 0 saturated heterocycles. The maximum Gasteiger partial charge on any atom is 0.271 e. The lowest BCUT2D eigenvalue weighted by Crippen LogP contribution is -2.28. The fraction of sp³-hybridized carbons (Fsp3) is 0.381. The van der Waals surface area contributed by atoms with Gasteiger partial charge in [-0.15, -0.1) is 0 Å². The first-order valence-corrected chi connectivity index (χ1v) is 8.89. The van der Waals surface area contributed by atoms with E-state index in [1.807, 2.05) is 26.0 Å². The number of ketones is 1. The molecule has 0 radical (unpaired) electrons. The molecule has 28 heavy (non-hydrogen) atoms. The van der Waals surface area contributed by atoms with Gasteiger partial charge in [0.25, 0.3) is 5.56 Å². The predicted molar refractivity (Wildman–Crippen MR) is 104 cm³/mol. The zero-order valence-corrected chi connectivity index (χ0v) is 16.5. The van der Waals surface area contributed by atoms with E-state index >= 15 is 0 Å². The summed E-state index contributed by atoms with van der Waals surface area (Å²) in [5.74, 6) is -0.422. The molecule has 7 heteroatoms. The van der Waals surface area contributed by atoms with Crippen molar-refractivity contribution in [1.29, 1.82) is 5.26 Å². The number of pyridine rings is 1. The second kappa shape index (κ2) is 9.20. The van der Waals surface area contributed by atoms with Gasteiger partial charge in [0.15, 0.2) is 6.61 Å². The van der Waals surface area contributed by atoms with E-state index in [0.717, 1.165) is 15.7 Å². The largest absolute Gasteiger partial charge is 0.494 e. The van der Waals surface area contributed by atoms with Crippen molar-refractivity contribution in [2.45, 2.75) is 33.7 Å². The van der Waals surface area contributed by atoms with Crippen LogP contribution in [-0.4, -0.2) is 35.8 Å². The molecular formula is C21H24N2O5. The van der Waals surface area contributed by atoms with Crippen LogP contribution < -0.4 is 10.3 Å². The first-order chi connectivity index (χ1) is 13.3. The number of hydrogen-bond donors (Lipinski definition) is 1. The number of aromatic nitrogens is 1. The Labute approximate surface area is 163 Å². The number of hydrogen-bond acceptors (Lipinski definition) is 6. The molecule has 0 aliphatic rings. The normalized spacial score (nSPS) is 10.5. The van der Waals surface area contributed by atoms with Crippen molar-refractivity contribution in [3.05, 3.63) is 56.4 Å². The second-order valence-electron chi connectivity index (χ2n) is 6.65. The van der Waals surface area contributed by atoms with E-state index < -0.39 is 17.2 Å². The number of aromatic hydroxyl groups is 1. The van der Waals surface area contributed by atoms with E-state index in [1.54, 1.807) is 12.1 Å². The van der Waals surface area contributed by atoms with Gasteiger partial charge in [0, 0.05) is 20.3 Å². The second-order valence-corrected chi connectivity index (χ2v) is 6.65. The SMILES string of the molecule is COCCCn1c(O)c(C(=O)COc2cc(C)cc(C)c2)c(C)c(C#N)c1=O. The maximum absolute atomic E-state index is 12.8. The van der Waals surface area contributed by atoms with Gasteiger partial charge in [0.2, 0.25) is 11.7 Å². The standard InChI is InChI=1S/C21H24N2O5/c1-13-8-14(2)10-16(9-13)28-12-18(24)19-15(3)17(11-22)20(25)23(21(19)26)6-5-7-27-4/h8-10,26H,5-7,12H2,1-4H3. The molecule has 0 spiro atoms. The van der Waals surface area contributed by atoms with Crippen molar-refractivity contribution in [3.63, 3.8) is 0 Å². The third-order valence-electron chi connectivity index (χ3n) is 4.37. The molecule has 1 aromatic carbocycles. The number of rotatable bonds is 8. The van der Waals surface area contributed by atoms with E-state index in [1.165, 1.54) is 14.0 Å². The molecule has 2 rings (SSSR count). The summed E-state index contributed by atoms with van der Waals surface area (Å²) < 4.78 is 11.6. The van der Waals surface area contributed by atoms with Crippen LogP contribution >= 0.6 is 0 Å². The van der Waals surface area contributed by atoms with Gasteiger partial charge in [0.05, 0.1) is 5.56 Å². The van der Waals surface area contributed by atoms with E-state index in [2.05, 4.69) is 0 Å². The van der Waals surface area contributed by atoms with Crippen LogP contribution in [-0.2, 0) is 11.3 Å². The number of aryl methyl sites for hydroxylation is 2. The highest BCUT2D eigenvalue weighted by atomic mass is 16.5. The minimum absolute atomic E-state index is 0.0714. The smallest absolute Gasteiger partial charge is 0.271 e. The van der Waals surface area contributed by atoms with Crippen molar-refractivity contribution < 1.29 is 19.4 Å². The molecule has 148 valence electrons. The van der Waals surface area contributed by atoms with Crippen LogP contribution in [0.2, 0.25) is 0 Å². The zero-order valence-electron chi connectivity index (χ0n) is 16.5. The molecule has 0 atom stereocenters. The summed E-state index contributed by atoms with van der Waals surface area (Å²) in [6.07, 6.45) is 0.449. The molecule has 0 unspecified atom stereocenters. The lowest BCUT2D eigenvalue weighted by atomic mass is 10.0. The summed E-state index contributed by atoms with van der Waals surface area (Å²) in [6.45, 7) is 5.51. The van der Waals surface area contributed by atoms with Crippen LogP contribution in [0.5, 0.6) is 11.6 Å². The molecule has 0 bridgehead atoms. The van der Waals surface area contributed by atoms with Gasteiger partial charge in [-0.2, -0.15) is 5.26 Å². The number of nitrogens with zero attached hydrogens (tertiary/aromatic N) is 2. The summed E-state index contributed by atoms with van der Waals surface area (Å²) in [6, 6.07) is 7.43. The van der Waals surface area contributed by atoms with Crippen LogP contribution in [0.1, 0.15) is 39.0 Å². The van der Waals surface area contributed by atoms with E-state index in [0.29, 0.717) is 18.8 Å². The Morgan fingerprint density at radius 3 is 2.43 bits per heavy atom. The quantitative estimate of drug-likeness (QED) is 0.555. The maximum atomic E-state index is 12.8. The number of methoxy groups -OCH3 is 1. The first-order valence-electron chi connectivity index (χ1n) is 8.89. The van der Waals surface area contributed by atoms with Crippen LogP contribution in [0.25, 0.3) is 0 Å². The third kappa shape index (κ3) is 4.59. The molecule has 7 nitrogen and oxygen atoms in total. The molecule has 1 aromatic heterocycles. The van der Waals surface area contributed by atoms with Crippen molar-refractivity contribution in [2.24, 2.45) is 0 Å². The minimum atomic E-state index is -0.625. The minimum Gasteiger partial charge on any atom is -0.494 e. The first kappa shape index (κ1) is 21.2. The number of Topliss-reactive ketones (excluding diaryl/α,β-unsaturated/α-hetero) is 1. The van der Waals surface area contributed by atoms with Crippen LogP contribution in [0.4, 0.5) is 0 Å². The average molecular weight is 384 g/mol. The lowest BCUT2D eigenvalue weighted by Gasteiger charge is -2.16. The summed E-state index contributed by atoms with van der Waals surface area (Å²) in [5.41, 5.74) is 1.30. The summed E-state index contributed by atoms with van der Waals surface area (Å²) >= 11 is 0. The van der Waals surface area contributed by atoms with Crippen molar-refractivity contribution >= 4 is 5.78 Å². The summed E-state index contributed by atoms with van der Waals surface area (Å²) in [5, 5.41) is 19.9. The lowest BCUT2D eigenvalue weighted by molar-refractivity contribution is 0.0916. The molecular weight excluding hydrogens is 360 g/mol. The molecule has 0 saturated carbocycles. The molecule has 0 amide bonds. The molecule has 0 fully saturated rings. The Balaban J connectivity index is 2.37. The fourth-order valence-corrected chi connectivity index (χ4v) is 3.10. The van der Waals surface area contributed by atoms with E-state index in [4.69, 9.17) is 9.47 Å². The van der Waals surface area contributed by atoms with Gasteiger partial charge in [-0.05, 0) is 56.0 Å². The highest BCUT2D eigenvalue weighted by molar-refractivity contribution is 6.01. The van der Waals surface area contributed by atoms with Gasteiger partial charge in [-0.3, -0.25) is 14.2 Å². The molecule has 1 heterocycles. The monoisotopic (exact) mass is 384 g/mol. The highest BCUT2D eigenvalue weighted by Gasteiger charge is 2.24. The molecule has 2 aromatic rings. The summed E-state index contributed by atoms with van der Waals surface area (Å²) in [7, 11) is 1.53. The molecule has 0 aliphatic heterocycles. The Kier molecular flexibility index (Phi) is 6.96. The van der Waals surface area contributed by atoms with E-state index in [-0.39, 0.29) is 29.8 Å². The molecule has 1 N–H and O–H groups in total. The van der Waals surface area contributed by atoms with Crippen LogP contribution in [0, 0.1) is 32.1 Å². The number of ether oxygens (including phenoxy) is 2. The van der Waals surface area contributed by atoms with Crippen molar-refractivity contribution in [2.75, 3.05) is 20.3 Å². The van der Waals surface area contributed by atoms with Gasteiger partial charge in [0.1, 0.15) is 17.4 Å². The van der Waals surface area contributed by atoms with Gasteiger partial charge in [-0.25, -0.2) is 0 Å². The molecule has 0 aliphatic carbocycles. The van der Waals surface area contributed by atoms with Crippen molar-refractivity contribution in [3.8, 4) is 17.7 Å². The predicted octanol–water partition coefficient (Wildman–Crippen LogP) is 2.65. The number of carbonyl (C=O) groups is 1. The van der Waals surface area contributed by atoms with Gasteiger partial charge >= 0.3 is 0 Å². The highest BCUT2D eigenvalue weighted by Crippen LogP contribution is 2.23. The fourth-order valence-electron chi connectivity index (χ4n) is 3.10. The van der Waals surface area contributed by atoms with Crippen LogP contribution in [0.3, 0.4) is 0 Å². The Morgan fingerprint density at radius 2 is 1.86 bits per heavy atom. The third-order valence-corrected chi connectivity index (χ3v) is 4.37. The Morgan fingerprint density at radius 1 is 1.21 bits per heavy atom. The summed E-state index contributed by atoms with van der Waals surface area (Å²) in [4.78, 5) is 25.2.